The molecule has 1 aromatic rings. The van der Waals surface area contributed by atoms with Crippen LogP contribution >= 0.6 is 0 Å². The number of unbranched alkanes of at least 4 members (excludes halogenated alkanes) is 1. The molecule has 0 aromatic carbocycles. The van der Waals surface area contributed by atoms with Crippen LogP contribution in [-0.4, -0.2) is 30.2 Å². The lowest BCUT2D eigenvalue weighted by Crippen LogP contribution is -2.07. The van der Waals surface area contributed by atoms with Gasteiger partial charge in [0.05, 0.1) is 4.92 Å². The van der Waals surface area contributed by atoms with Crippen molar-refractivity contribution in [2.24, 2.45) is 0 Å². The highest BCUT2D eigenvalue weighted by Crippen LogP contribution is 2.21. The van der Waals surface area contributed by atoms with E-state index in [1.165, 1.54) is 6.07 Å². The first kappa shape index (κ1) is 13.4. The average molecular weight is 239 g/mol. The number of methoxy groups -OCH3 is 1. The van der Waals surface area contributed by atoms with Crippen LogP contribution in [0.2, 0.25) is 0 Å². The second kappa shape index (κ2) is 6.80. The summed E-state index contributed by atoms with van der Waals surface area (Å²) >= 11 is 0. The molecule has 1 heterocycles. The van der Waals surface area contributed by atoms with E-state index in [1.807, 2.05) is 0 Å². The van der Waals surface area contributed by atoms with Gasteiger partial charge in [-0.05, 0) is 25.8 Å². The van der Waals surface area contributed by atoms with Crippen LogP contribution in [0.3, 0.4) is 0 Å². The molecule has 1 aromatic heterocycles. The first-order chi connectivity index (χ1) is 8.15. The molecule has 1 rings (SSSR count). The van der Waals surface area contributed by atoms with Crippen LogP contribution in [-0.2, 0) is 4.74 Å². The minimum atomic E-state index is -0.427. The van der Waals surface area contributed by atoms with E-state index in [2.05, 4.69) is 10.3 Å². The van der Waals surface area contributed by atoms with Crippen molar-refractivity contribution in [3.8, 4) is 0 Å². The highest BCUT2D eigenvalue weighted by molar-refractivity contribution is 5.55. The molecule has 0 atom stereocenters. The van der Waals surface area contributed by atoms with Gasteiger partial charge in [0, 0.05) is 32.0 Å². The summed E-state index contributed by atoms with van der Waals surface area (Å²) in [6.45, 7) is 3.16. The summed E-state index contributed by atoms with van der Waals surface area (Å²) in [4.78, 5) is 14.5. The number of aromatic nitrogens is 1. The molecule has 0 saturated heterocycles. The first-order valence-corrected chi connectivity index (χ1v) is 5.50. The first-order valence-electron chi connectivity index (χ1n) is 5.50. The maximum absolute atomic E-state index is 10.8. The molecule has 0 radical (unpaired) electrons. The maximum Gasteiger partial charge on any atom is 0.311 e. The van der Waals surface area contributed by atoms with Crippen molar-refractivity contribution >= 4 is 11.5 Å². The minimum Gasteiger partial charge on any atom is -0.385 e. The van der Waals surface area contributed by atoms with Crippen LogP contribution in [0.15, 0.2) is 12.1 Å². The smallest absolute Gasteiger partial charge is 0.311 e. The van der Waals surface area contributed by atoms with Gasteiger partial charge in [-0.15, -0.1) is 0 Å². The van der Waals surface area contributed by atoms with Gasteiger partial charge in [0.15, 0.2) is 0 Å². The molecule has 0 aliphatic heterocycles. The van der Waals surface area contributed by atoms with E-state index >= 15 is 0 Å². The summed E-state index contributed by atoms with van der Waals surface area (Å²) in [6, 6.07) is 3.11. The molecular formula is C11H17N3O3. The predicted molar refractivity (Wildman–Crippen MR) is 65.2 cm³/mol. The monoisotopic (exact) mass is 239 g/mol. The summed E-state index contributed by atoms with van der Waals surface area (Å²) in [5.41, 5.74) is 0.775. The summed E-state index contributed by atoms with van der Waals surface area (Å²) < 4.78 is 4.92. The Kier molecular flexibility index (Phi) is 5.35. The Morgan fingerprint density at radius 2 is 2.24 bits per heavy atom. The Morgan fingerprint density at radius 3 is 2.88 bits per heavy atom. The van der Waals surface area contributed by atoms with E-state index in [4.69, 9.17) is 4.74 Å². The van der Waals surface area contributed by atoms with E-state index < -0.39 is 4.92 Å². The molecule has 0 aliphatic carbocycles. The number of nitro groups is 1. The van der Waals surface area contributed by atoms with Crippen molar-refractivity contribution in [3.63, 3.8) is 0 Å². The highest BCUT2D eigenvalue weighted by Gasteiger charge is 2.14. The summed E-state index contributed by atoms with van der Waals surface area (Å²) in [5, 5.41) is 13.8. The fourth-order valence-electron chi connectivity index (χ4n) is 1.40. The van der Waals surface area contributed by atoms with Gasteiger partial charge in [-0.2, -0.15) is 0 Å². The molecule has 0 amide bonds. The molecular weight excluding hydrogens is 222 g/mol. The molecule has 0 bridgehead atoms. The second-order valence-corrected chi connectivity index (χ2v) is 3.70. The Balaban J connectivity index is 2.56. The Morgan fingerprint density at radius 1 is 1.47 bits per heavy atom. The number of pyridine rings is 1. The second-order valence-electron chi connectivity index (χ2n) is 3.70. The van der Waals surface area contributed by atoms with Crippen LogP contribution in [0.5, 0.6) is 0 Å². The van der Waals surface area contributed by atoms with Crippen molar-refractivity contribution in [2.75, 3.05) is 25.6 Å². The molecule has 17 heavy (non-hydrogen) atoms. The highest BCUT2D eigenvalue weighted by atomic mass is 16.6. The fourth-order valence-corrected chi connectivity index (χ4v) is 1.40. The van der Waals surface area contributed by atoms with E-state index in [0.29, 0.717) is 19.0 Å². The average Bonchev–Trinajstić information content (AvgIpc) is 2.28. The van der Waals surface area contributed by atoms with Crippen molar-refractivity contribution in [1.82, 2.24) is 4.98 Å². The molecule has 6 heteroatoms. The number of anilines is 1. The zero-order chi connectivity index (χ0) is 12.7. The lowest BCUT2D eigenvalue weighted by atomic mass is 10.3. The molecule has 0 aliphatic rings. The van der Waals surface area contributed by atoms with Crippen LogP contribution in [0.4, 0.5) is 11.5 Å². The third-order valence-electron chi connectivity index (χ3n) is 2.28. The Labute approximate surface area is 100 Å². The molecule has 94 valence electrons. The van der Waals surface area contributed by atoms with Gasteiger partial charge in [0.2, 0.25) is 5.82 Å². The Bertz CT molecular complexity index is 382. The molecule has 1 N–H and O–H groups in total. The predicted octanol–water partition coefficient (Wildman–Crippen LogP) is 2.14. The van der Waals surface area contributed by atoms with Gasteiger partial charge in [0.25, 0.3) is 0 Å². The number of nitrogens with one attached hydrogen (secondary N) is 1. The zero-order valence-corrected chi connectivity index (χ0v) is 10.1. The quantitative estimate of drug-likeness (QED) is 0.448. The van der Waals surface area contributed by atoms with Crippen LogP contribution in [0.1, 0.15) is 18.5 Å². The van der Waals surface area contributed by atoms with Crippen molar-refractivity contribution in [2.45, 2.75) is 19.8 Å². The van der Waals surface area contributed by atoms with Crippen molar-refractivity contribution < 1.29 is 9.66 Å². The molecule has 0 fully saturated rings. The van der Waals surface area contributed by atoms with Crippen LogP contribution in [0, 0.1) is 17.0 Å². The minimum absolute atomic E-state index is 0.0161. The third kappa shape index (κ3) is 4.36. The molecule has 6 nitrogen and oxygen atoms in total. The van der Waals surface area contributed by atoms with Crippen molar-refractivity contribution in [1.29, 1.82) is 0 Å². The lowest BCUT2D eigenvalue weighted by Gasteiger charge is -2.06. The summed E-state index contributed by atoms with van der Waals surface area (Å²) in [7, 11) is 1.65. The van der Waals surface area contributed by atoms with Gasteiger partial charge in [-0.1, -0.05) is 0 Å². The molecule has 0 spiro atoms. The van der Waals surface area contributed by atoms with Gasteiger partial charge in [0.1, 0.15) is 0 Å². The maximum atomic E-state index is 10.8. The van der Waals surface area contributed by atoms with E-state index in [0.717, 1.165) is 18.5 Å². The zero-order valence-electron chi connectivity index (χ0n) is 10.1. The molecule has 0 saturated carbocycles. The van der Waals surface area contributed by atoms with E-state index in [1.54, 1.807) is 20.1 Å². The number of nitrogens with zero attached hydrogens (tertiary/aromatic N) is 2. The van der Waals surface area contributed by atoms with Crippen molar-refractivity contribution in [3.05, 3.63) is 27.9 Å². The standard InChI is InChI=1S/C11H17N3O3/c1-9-5-6-10(14(15)16)11(13-9)12-7-3-4-8-17-2/h5-6H,3-4,7-8H2,1-2H3,(H,12,13). The van der Waals surface area contributed by atoms with Gasteiger partial charge >= 0.3 is 5.69 Å². The topological polar surface area (TPSA) is 77.3 Å². The normalized spacial score (nSPS) is 10.2. The number of hydrogen-bond acceptors (Lipinski definition) is 5. The van der Waals surface area contributed by atoms with Crippen LogP contribution < -0.4 is 5.32 Å². The largest absolute Gasteiger partial charge is 0.385 e. The number of hydrogen-bond donors (Lipinski definition) is 1. The SMILES string of the molecule is COCCCCNc1nc(C)ccc1[N+](=O)[O-]. The van der Waals surface area contributed by atoms with Gasteiger partial charge in [-0.25, -0.2) is 4.98 Å². The third-order valence-corrected chi connectivity index (χ3v) is 2.28. The lowest BCUT2D eigenvalue weighted by molar-refractivity contribution is -0.384. The van der Waals surface area contributed by atoms with Gasteiger partial charge in [-0.3, -0.25) is 10.1 Å². The summed E-state index contributed by atoms with van der Waals surface area (Å²) in [5.74, 6) is 0.340. The summed E-state index contributed by atoms with van der Waals surface area (Å²) in [6.07, 6.45) is 1.81. The van der Waals surface area contributed by atoms with Gasteiger partial charge < -0.3 is 10.1 Å². The Hall–Kier alpha value is -1.69. The van der Waals surface area contributed by atoms with E-state index in [9.17, 15) is 10.1 Å². The molecule has 0 unspecified atom stereocenters. The van der Waals surface area contributed by atoms with E-state index in [-0.39, 0.29) is 5.69 Å². The number of rotatable bonds is 7. The number of ether oxygens (including phenoxy) is 1. The fraction of sp³-hybridized carbons (Fsp3) is 0.545. The number of aryl methyl sites for hydroxylation is 1. The van der Waals surface area contributed by atoms with Crippen LogP contribution in [0.25, 0.3) is 0 Å².